The highest BCUT2D eigenvalue weighted by Crippen LogP contribution is 2.03. The van der Waals surface area contributed by atoms with Crippen molar-refractivity contribution in [1.82, 2.24) is 10.2 Å². The Hall–Kier alpha value is -0.610. The van der Waals surface area contributed by atoms with Crippen LogP contribution in [-0.4, -0.2) is 49.7 Å². The van der Waals surface area contributed by atoms with Crippen LogP contribution in [0, 0.1) is 5.92 Å². The summed E-state index contributed by atoms with van der Waals surface area (Å²) in [5, 5.41) is 3.22. The minimum Gasteiger partial charge on any atom is -0.368 e. The number of ether oxygens (including phenoxy) is 1. The fourth-order valence-corrected chi connectivity index (χ4v) is 1.55. The Morgan fingerprint density at radius 1 is 1.33 bits per heavy atom. The molecule has 0 aliphatic carbocycles. The highest BCUT2D eigenvalue weighted by atomic mass is 16.5. The van der Waals surface area contributed by atoms with E-state index >= 15 is 0 Å². The first-order chi connectivity index (χ1) is 7.11. The highest BCUT2D eigenvalue weighted by molar-refractivity contribution is 5.80. The van der Waals surface area contributed by atoms with Crippen molar-refractivity contribution in [3.8, 4) is 0 Å². The number of amides is 1. The van der Waals surface area contributed by atoms with E-state index in [0.717, 1.165) is 26.2 Å². The Morgan fingerprint density at radius 3 is 2.47 bits per heavy atom. The average molecular weight is 214 g/mol. The molecule has 1 amide bonds. The second-order valence-corrected chi connectivity index (χ2v) is 4.44. The molecular formula is C11H22N2O2. The maximum Gasteiger partial charge on any atom is 0.251 e. The highest BCUT2D eigenvalue weighted by Gasteiger charge is 2.22. The number of nitrogens with one attached hydrogen (secondary N) is 1. The van der Waals surface area contributed by atoms with Crippen LogP contribution in [0.4, 0.5) is 0 Å². The van der Waals surface area contributed by atoms with E-state index in [4.69, 9.17) is 4.74 Å². The molecule has 1 heterocycles. The Morgan fingerprint density at radius 2 is 1.93 bits per heavy atom. The molecule has 4 nitrogen and oxygen atoms in total. The summed E-state index contributed by atoms with van der Waals surface area (Å²) in [5.74, 6) is 0.598. The summed E-state index contributed by atoms with van der Waals surface area (Å²) in [6.45, 7) is 10.0. The molecule has 0 saturated carbocycles. The number of rotatable bonds is 4. The minimum atomic E-state index is -0.300. The predicted molar refractivity (Wildman–Crippen MR) is 59.7 cm³/mol. The maximum absolute atomic E-state index is 11.9. The monoisotopic (exact) mass is 214 g/mol. The van der Waals surface area contributed by atoms with Crippen LogP contribution in [0.5, 0.6) is 0 Å². The summed E-state index contributed by atoms with van der Waals surface area (Å²) >= 11 is 0. The van der Waals surface area contributed by atoms with Gasteiger partial charge in [-0.25, -0.2) is 0 Å². The topological polar surface area (TPSA) is 41.6 Å². The third-order valence-electron chi connectivity index (χ3n) is 2.46. The largest absolute Gasteiger partial charge is 0.368 e. The van der Waals surface area contributed by atoms with E-state index in [2.05, 4.69) is 19.2 Å². The molecule has 1 atom stereocenters. The second kappa shape index (κ2) is 6.08. The summed E-state index contributed by atoms with van der Waals surface area (Å²) in [5.41, 5.74) is 0. The van der Waals surface area contributed by atoms with Gasteiger partial charge in [0.2, 0.25) is 0 Å². The molecule has 0 aromatic heterocycles. The zero-order chi connectivity index (χ0) is 11.3. The van der Waals surface area contributed by atoms with E-state index in [0.29, 0.717) is 12.5 Å². The van der Waals surface area contributed by atoms with E-state index in [1.807, 2.05) is 11.8 Å². The summed E-state index contributed by atoms with van der Waals surface area (Å²) in [6, 6.07) is 0. The number of piperazine rings is 1. The van der Waals surface area contributed by atoms with Gasteiger partial charge in [-0.05, 0) is 12.8 Å². The van der Waals surface area contributed by atoms with E-state index in [1.54, 1.807) is 0 Å². The van der Waals surface area contributed by atoms with Crippen molar-refractivity contribution in [3.05, 3.63) is 0 Å². The second-order valence-electron chi connectivity index (χ2n) is 4.44. The van der Waals surface area contributed by atoms with Crippen molar-refractivity contribution >= 4 is 5.91 Å². The zero-order valence-corrected chi connectivity index (χ0v) is 9.95. The number of hydrogen-bond donors (Lipinski definition) is 1. The molecule has 1 aliphatic heterocycles. The lowest BCUT2D eigenvalue weighted by Crippen LogP contribution is -2.49. The molecule has 88 valence electrons. The van der Waals surface area contributed by atoms with Gasteiger partial charge in [-0.2, -0.15) is 0 Å². The Bertz CT molecular complexity index is 201. The minimum absolute atomic E-state index is 0.122. The molecule has 0 aromatic rings. The van der Waals surface area contributed by atoms with Crippen molar-refractivity contribution in [2.45, 2.75) is 26.9 Å². The fourth-order valence-electron chi connectivity index (χ4n) is 1.55. The van der Waals surface area contributed by atoms with Gasteiger partial charge in [-0.3, -0.25) is 4.79 Å². The number of nitrogens with zero attached hydrogens (tertiary/aromatic N) is 1. The van der Waals surface area contributed by atoms with Crippen LogP contribution in [0.2, 0.25) is 0 Å². The van der Waals surface area contributed by atoms with Gasteiger partial charge < -0.3 is 15.0 Å². The molecule has 1 N–H and O–H groups in total. The molecule has 1 rings (SSSR count). The van der Waals surface area contributed by atoms with Crippen LogP contribution < -0.4 is 5.32 Å². The lowest BCUT2D eigenvalue weighted by atomic mass is 10.2. The molecule has 0 radical (unpaired) electrons. The van der Waals surface area contributed by atoms with Crippen LogP contribution in [0.3, 0.4) is 0 Å². The predicted octanol–water partition coefficient (Wildman–Crippen LogP) is 0.479. The van der Waals surface area contributed by atoms with Crippen molar-refractivity contribution in [2.75, 3.05) is 32.8 Å². The van der Waals surface area contributed by atoms with Crippen LogP contribution >= 0.6 is 0 Å². The lowest BCUT2D eigenvalue weighted by Gasteiger charge is -2.29. The summed E-state index contributed by atoms with van der Waals surface area (Å²) in [7, 11) is 0. The molecule has 1 fully saturated rings. The van der Waals surface area contributed by atoms with Crippen molar-refractivity contribution in [3.63, 3.8) is 0 Å². The molecule has 0 bridgehead atoms. The summed E-state index contributed by atoms with van der Waals surface area (Å²) < 4.78 is 5.51. The quantitative estimate of drug-likeness (QED) is 0.740. The molecule has 15 heavy (non-hydrogen) atoms. The average Bonchev–Trinajstić information content (AvgIpc) is 2.26. The normalized spacial score (nSPS) is 19.3. The van der Waals surface area contributed by atoms with Gasteiger partial charge in [0.15, 0.2) is 0 Å². The van der Waals surface area contributed by atoms with Gasteiger partial charge in [-0.1, -0.05) is 13.8 Å². The van der Waals surface area contributed by atoms with Crippen LogP contribution in [0.15, 0.2) is 0 Å². The first-order valence-electron chi connectivity index (χ1n) is 5.72. The van der Waals surface area contributed by atoms with Gasteiger partial charge in [0.05, 0.1) is 0 Å². The fraction of sp³-hybridized carbons (Fsp3) is 0.909. The maximum atomic E-state index is 11.9. The Labute approximate surface area is 92.0 Å². The van der Waals surface area contributed by atoms with E-state index in [9.17, 15) is 4.79 Å². The van der Waals surface area contributed by atoms with E-state index < -0.39 is 0 Å². The Balaban J connectivity index is 2.30. The molecule has 1 aliphatic rings. The molecule has 0 aromatic carbocycles. The van der Waals surface area contributed by atoms with Gasteiger partial charge >= 0.3 is 0 Å². The molecule has 1 unspecified atom stereocenters. The van der Waals surface area contributed by atoms with Gasteiger partial charge in [0.25, 0.3) is 5.91 Å². The zero-order valence-electron chi connectivity index (χ0n) is 9.95. The molecule has 0 spiro atoms. The molecule has 1 saturated heterocycles. The van der Waals surface area contributed by atoms with Gasteiger partial charge in [-0.15, -0.1) is 0 Å². The lowest BCUT2D eigenvalue weighted by molar-refractivity contribution is -0.143. The van der Waals surface area contributed by atoms with Crippen LogP contribution in [-0.2, 0) is 9.53 Å². The third-order valence-corrected chi connectivity index (χ3v) is 2.46. The van der Waals surface area contributed by atoms with E-state index in [1.165, 1.54) is 0 Å². The Kier molecular flexibility index (Phi) is 5.05. The standard InChI is InChI=1S/C11H22N2O2/c1-9(2)8-15-10(3)11(14)13-6-4-12-5-7-13/h9-10,12H,4-8H2,1-3H3. The van der Waals surface area contributed by atoms with Gasteiger partial charge in [0.1, 0.15) is 6.10 Å². The summed E-state index contributed by atoms with van der Waals surface area (Å²) in [4.78, 5) is 13.8. The van der Waals surface area contributed by atoms with Crippen LogP contribution in [0.1, 0.15) is 20.8 Å². The SMILES string of the molecule is CC(C)COC(C)C(=O)N1CCNCC1. The molecule has 4 heteroatoms. The first-order valence-corrected chi connectivity index (χ1v) is 5.72. The third kappa shape index (κ3) is 4.18. The van der Waals surface area contributed by atoms with E-state index in [-0.39, 0.29) is 12.0 Å². The summed E-state index contributed by atoms with van der Waals surface area (Å²) in [6.07, 6.45) is -0.300. The van der Waals surface area contributed by atoms with Crippen molar-refractivity contribution in [1.29, 1.82) is 0 Å². The number of carbonyl (C=O) groups is 1. The van der Waals surface area contributed by atoms with Crippen molar-refractivity contribution in [2.24, 2.45) is 5.92 Å². The number of carbonyl (C=O) groups excluding carboxylic acids is 1. The van der Waals surface area contributed by atoms with Crippen molar-refractivity contribution < 1.29 is 9.53 Å². The molecular weight excluding hydrogens is 192 g/mol. The smallest absolute Gasteiger partial charge is 0.251 e. The van der Waals surface area contributed by atoms with Gasteiger partial charge in [0, 0.05) is 32.8 Å². The van der Waals surface area contributed by atoms with Crippen LogP contribution in [0.25, 0.3) is 0 Å². The number of hydrogen-bond acceptors (Lipinski definition) is 3. The first kappa shape index (κ1) is 12.5.